The molecule has 0 radical (unpaired) electrons. The van der Waals surface area contributed by atoms with Crippen molar-refractivity contribution in [3.05, 3.63) is 0 Å². The molecule has 15 heavy (non-hydrogen) atoms. The van der Waals surface area contributed by atoms with Crippen molar-refractivity contribution in [2.75, 3.05) is 39.3 Å². The van der Waals surface area contributed by atoms with Gasteiger partial charge in [-0.15, -0.1) is 0 Å². The quantitative estimate of drug-likeness (QED) is 0.682. The van der Waals surface area contributed by atoms with Gasteiger partial charge < -0.3 is 14.7 Å². The average Bonchev–Trinajstić information content (AvgIpc) is 2.26. The molecule has 1 N–H and O–H groups in total. The lowest BCUT2D eigenvalue weighted by molar-refractivity contribution is -0.204. The third-order valence-electron chi connectivity index (χ3n) is 2.75. The highest BCUT2D eigenvalue weighted by molar-refractivity contribution is 4.70. The Kier molecular flexibility index (Phi) is 5.53. The molecule has 0 saturated carbocycles. The molecule has 0 aromatic rings. The SMILES string of the molecule is CCN1CCN(C(O)OCC(C)C)CC1. The summed E-state index contributed by atoms with van der Waals surface area (Å²) in [6.45, 7) is 11.9. The van der Waals surface area contributed by atoms with E-state index in [1.807, 2.05) is 4.90 Å². The zero-order valence-electron chi connectivity index (χ0n) is 10.1. The number of rotatable bonds is 5. The number of aliphatic hydroxyl groups is 1. The van der Waals surface area contributed by atoms with Crippen LogP contribution in [-0.4, -0.2) is 60.7 Å². The molecule has 1 aliphatic rings. The fourth-order valence-electron chi connectivity index (χ4n) is 1.68. The van der Waals surface area contributed by atoms with Crippen molar-refractivity contribution >= 4 is 0 Å². The van der Waals surface area contributed by atoms with Gasteiger partial charge in [0.2, 0.25) is 6.41 Å². The van der Waals surface area contributed by atoms with Crippen LogP contribution in [0.25, 0.3) is 0 Å². The summed E-state index contributed by atoms with van der Waals surface area (Å²) in [5.41, 5.74) is 0. The van der Waals surface area contributed by atoms with Gasteiger partial charge in [0, 0.05) is 26.2 Å². The van der Waals surface area contributed by atoms with Crippen LogP contribution < -0.4 is 0 Å². The number of likely N-dealkylation sites (N-methyl/N-ethyl adjacent to an activating group) is 1. The normalized spacial score (nSPS) is 22.2. The predicted molar refractivity (Wildman–Crippen MR) is 60.5 cm³/mol. The van der Waals surface area contributed by atoms with E-state index in [4.69, 9.17) is 4.74 Å². The molecule has 1 heterocycles. The van der Waals surface area contributed by atoms with Crippen LogP contribution in [-0.2, 0) is 4.74 Å². The van der Waals surface area contributed by atoms with Crippen molar-refractivity contribution in [1.29, 1.82) is 0 Å². The number of hydrogen-bond donors (Lipinski definition) is 1. The molecule has 0 aromatic heterocycles. The second-order valence-corrected chi connectivity index (χ2v) is 4.52. The van der Waals surface area contributed by atoms with Crippen LogP contribution in [0.4, 0.5) is 0 Å². The van der Waals surface area contributed by atoms with Gasteiger partial charge in [-0.25, -0.2) is 0 Å². The lowest BCUT2D eigenvalue weighted by Gasteiger charge is -2.36. The molecule has 1 rings (SSSR count). The molecule has 0 bridgehead atoms. The first-order valence-corrected chi connectivity index (χ1v) is 5.89. The van der Waals surface area contributed by atoms with Gasteiger partial charge in [0.1, 0.15) is 0 Å². The second-order valence-electron chi connectivity index (χ2n) is 4.52. The monoisotopic (exact) mass is 216 g/mol. The standard InChI is InChI=1S/C11H24N2O2/c1-4-12-5-7-13(8-6-12)11(14)15-9-10(2)3/h10-11,14H,4-9H2,1-3H3. The highest BCUT2D eigenvalue weighted by atomic mass is 16.6. The van der Waals surface area contributed by atoms with E-state index < -0.39 is 6.41 Å². The van der Waals surface area contributed by atoms with Crippen molar-refractivity contribution in [3.63, 3.8) is 0 Å². The third kappa shape index (κ3) is 4.47. The lowest BCUT2D eigenvalue weighted by Crippen LogP contribution is -2.51. The molecular weight excluding hydrogens is 192 g/mol. The van der Waals surface area contributed by atoms with E-state index in [1.165, 1.54) is 0 Å². The van der Waals surface area contributed by atoms with E-state index >= 15 is 0 Å². The fourth-order valence-corrected chi connectivity index (χ4v) is 1.68. The van der Waals surface area contributed by atoms with Gasteiger partial charge in [0.05, 0.1) is 6.61 Å². The number of nitrogens with zero attached hydrogens (tertiary/aromatic N) is 2. The summed E-state index contributed by atoms with van der Waals surface area (Å²) in [6.07, 6.45) is -0.716. The van der Waals surface area contributed by atoms with Crippen molar-refractivity contribution in [2.45, 2.75) is 27.2 Å². The second kappa shape index (κ2) is 6.43. The van der Waals surface area contributed by atoms with Crippen molar-refractivity contribution in [1.82, 2.24) is 9.80 Å². The van der Waals surface area contributed by atoms with Crippen LogP contribution in [0.3, 0.4) is 0 Å². The first-order chi connectivity index (χ1) is 7.13. The molecule has 0 spiro atoms. The van der Waals surface area contributed by atoms with Gasteiger partial charge in [-0.2, -0.15) is 0 Å². The maximum Gasteiger partial charge on any atom is 0.216 e. The summed E-state index contributed by atoms with van der Waals surface area (Å²) < 4.78 is 5.37. The smallest absolute Gasteiger partial charge is 0.216 e. The van der Waals surface area contributed by atoms with Gasteiger partial charge in [-0.05, 0) is 12.5 Å². The molecule has 0 aromatic carbocycles. The summed E-state index contributed by atoms with van der Waals surface area (Å²) in [5.74, 6) is 0.469. The van der Waals surface area contributed by atoms with Crippen LogP contribution in [0.2, 0.25) is 0 Å². The summed E-state index contributed by atoms with van der Waals surface area (Å²) in [6, 6.07) is 0. The highest BCUT2D eigenvalue weighted by Gasteiger charge is 2.21. The Bertz CT molecular complexity index is 168. The van der Waals surface area contributed by atoms with Crippen molar-refractivity contribution in [2.24, 2.45) is 5.92 Å². The maximum atomic E-state index is 9.77. The third-order valence-corrected chi connectivity index (χ3v) is 2.75. The van der Waals surface area contributed by atoms with E-state index in [9.17, 15) is 5.11 Å². The molecule has 1 aliphatic heterocycles. The highest BCUT2D eigenvalue weighted by Crippen LogP contribution is 2.06. The average molecular weight is 216 g/mol. The van der Waals surface area contributed by atoms with Crippen molar-refractivity contribution in [3.8, 4) is 0 Å². The molecule has 1 saturated heterocycles. The zero-order chi connectivity index (χ0) is 11.3. The van der Waals surface area contributed by atoms with E-state index in [1.54, 1.807) is 0 Å². The van der Waals surface area contributed by atoms with E-state index in [0.29, 0.717) is 12.5 Å². The minimum absolute atomic E-state index is 0.469. The maximum absolute atomic E-state index is 9.77. The van der Waals surface area contributed by atoms with Gasteiger partial charge in [-0.3, -0.25) is 4.90 Å². The zero-order valence-corrected chi connectivity index (χ0v) is 10.1. The Hall–Kier alpha value is -0.160. The Morgan fingerprint density at radius 1 is 1.20 bits per heavy atom. The minimum Gasteiger partial charge on any atom is -0.356 e. The molecule has 90 valence electrons. The largest absolute Gasteiger partial charge is 0.356 e. The Morgan fingerprint density at radius 3 is 2.27 bits per heavy atom. The first kappa shape index (κ1) is 12.9. The molecule has 0 aliphatic carbocycles. The van der Waals surface area contributed by atoms with Gasteiger partial charge in [0.25, 0.3) is 0 Å². The summed E-state index contributed by atoms with van der Waals surface area (Å²) in [5, 5.41) is 9.77. The topological polar surface area (TPSA) is 35.9 Å². The number of aliphatic hydroxyl groups excluding tert-OH is 1. The Balaban J connectivity index is 2.20. The Labute approximate surface area is 92.8 Å². The minimum atomic E-state index is -0.716. The molecule has 0 amide bonds. The molecule has 1 fully saturated rings. The van der Waals surface area contributed by atoms with Crippen LogP contribution in [0.15, 0.2) is 0 Å². The van der Waals surface area contributed by atoms with Gasteiger partial charge >= 0.3 is 0 Å². The van der Waals surface area contributed by atoms with Crippen LogP contribution in [0.5, 0.6) is 0 Å². The van der Waals surface area contributed by atoms with Crippen molar-refractivity contribution < 1.29 is 9.84 Å². The van der Waals surface area contributed by atoms with E-state index in [2.05, 4.69) is 25.7 Å². The number of ether oxygens (including phenoxy) is 1. The van der Waals surface area contributed by atoms with E-state index in [-0.39, 0.29) is 0 Å². The fraction of sp³-hybridized carbons (Fsp3) is 1.00. The number of hydrogen-bond acceptors (Lipinski definition) is 4. The molecule has 1 unspecified atom stereocenters. The molecular formula is C11H24N2O2. The molecule has 1 atom stereocenters. The summed E-state index contributed by atoms with van der Waals surface area (Å²) >= 11 is 0. The predicted octanol–water partition coefficient (Wildman–Crippen LogP) is 0.572. The van der Waals surface area contributed by atoms with Crippen LogP contribution >= 0.6 is 0 Å². The molecule has 4 heteroatoms. The van der Waals surface area contributed by atoms with Crippen LogP contribution in [0, 0.1) is 5.92 Å². The van der Waals surface area contributed by atoms with Gasteiger partial charge in [-0.1, -0.05) is 20.8 Å². The Morgan fingerprint density at radius 2 is 1.80 bits per heavy atom. The first-order valence-electron chi connectivity index (χ1n) is 5.89. The van der Waals surface area contributed by atoms with Gasteiger partial charge in [0.15, 0.2) is 0 Å². The van der Waals surface area contributed by atoms with Crippen LogP contribution in [0.1, 0.15) is 20.8 Å². The van der Waals surface area contributed by atoms with E-state index in [0.717, 1.165) is 32.7 Å². The number of piperazine rings is 1. The molecule has 4 nitrogen and oxygen atoms in total. The summed E-state index contributed by atoms with van der Waals surface area (Å²) in [7, 11) is 0. The lowest BCUT2D eigenvalue weighted by atomic mass is 10.2. The summed E-state index contributed by atoms with van der Waals surface area (Å²) in [4.78, 5) is 4.38.